The number of benzene rings is 2. The second-order valence-corrected chi connectivity index (χ2v) is 7.62. The first-order valence-electron chi connectivity index (χ1n) is 10.7. The minimum Gasteiger partial charge on any atom is -0.507 e. The highest BCUT2D eigenvalue weighted by Crippen LogP contribution is 2.39. The highest BCUT2D eigenvalue weighted by Gasteiger charge is 2.45. The zero-order chi connectivity index (χ0) is 23.4. The van der Waals surface area contributed by atoms with Gasteiger partial charge in [-0.2, -0.15) is 0 Å². The Hall–Kier alpha value is -4.00. The summed E-state index contributed by atoms with van der Waals surface area (Å²) in [6.45, 7) is 2.51. The van der Waals surface area contributed by atoms with E-state index >= 15 is 0 Å². The second-order valence-electron chi connectivity index (χ2n) is 7.62. The first kappa shape index (κ1) is 22.2. The van der Waals surface area contributed by atoms with Crippen molar-refractivity contribution in [3.63, 3.8) is 0 Å². The first-order valence-corrected chi connectivity index (χ1v) is 10.7. The number of hydrogen-bond donors (Lipinski definition) is 1. The number of carbonyl (C=O) groups is 2. The van der Waals surface area contributed by atoms with E-state index in [1.165, 1.54) is 17.0 Å². The zero-order valence-electron chi connectivity index (χ0n) is 18.1. The fourth-order valence-corrected chi connectivity index (χ4v) is 3.95. The molecule has 2 aromatic carbocycles. The van der Waals surface area contributed by atoms with Crippen molar-refractivity contribution in [2.75, 3.05) is 13.2 Å². The SMILES string of the molecule is CCOc1cccc(/C(O)=C2/C(=O)C(=O)N(CCc3ccc(F)cc3)C2c2cccnc2)c1. The fraction of sp³-hybridized carbons (Fsp3) is 0.192. The van der Waals surface area contributed by atoms with E-state index in [2.05, 4.69) is 4.98 Å². The molecule has 6 nitrogen and oxygen atoms in total. The predicted molar refractivity (Wildman–Crippen MR) is 121 cm³/mol. The first-order chi connectivity index (χ1) is 16.0. The average Bonchev–Trinajstić information content (AvgIpc) is 3.09. The van der Waals surface area contributed by atoms with E-state index in [0.29, 0.717) is 29.9 Å². The van der Waals surface area contributed by atoms with Gasteiger partial charge in [0.05, 0.1) is 18.2 Å². The number of halogens is 1. The largest absolute Gasteiger partial charge is 0.507 e. The molecule has 1 N–H and O–H groups in total. The summed E-state index contributed by atoms with van der Waals surface area (Å²) in [5.41, 5.74) is 1.82. The third-order valence-corrected chi connectivity index (χ3v) is 5.51. The van der Waals surface area contributed by atoms with Crippen LogP contribution >= 0.6 is 0 Å². The van der Waals surface area contributed by atoms with Crippen LogP contribution in [0.5, 0.6) is 5.75 Å². The van der Waals surface area contributed by atoms with Crippen LogP contribution in [0.2, 0.25) is 0 Å². The Morgan fingerprint density at radius 1 is 1.12 bits per heavy atom. The molecule has 1 unspecified atom stereocenters. The Labute approximate surface area is 191 Å². The molecule has 0 radical (unpaired) electrons. The molecule has 0 spiro atoms. The van der Waals surface area contributed by atoms with Crippen molar-refractivity contribution in [1.29, 1.82) is 0 Å². The van der Waals surface area contributed by atoms with Gasteiger partial charge in [-0.15, -0.1) is 0 Å². The third-order valence-electron chi connectivity index (χ3n) is 5.51. The Bertz CT molecular complexity index is 1190. The van der Waals surface area contributed by atoms with Crippen molar-refractivity contribution >= 4 is 17.4 Å². The summed E-state index contributed by atoms with van der Waals surface area (Å²) in [5, 5.41) is 11.1. The van der Waals surface area contributed by atoms with Crippen molar-refractivity contribution in [2.45, 2.75) is 19.4 Å². The van der Waals surface area contributed by atoms with Gasteiger partial charge < -0.3 is 14.7 Å². The number of likely N-dealkylation sites (tertiary alicyclic amines) is 1. The van der Waals surface area contributed by atoms with Crippen molar-refractivity contribution < 1.29 is 23.8 Å². The molecule has 0 bridgehead atoms. The Kier molecular flexibility index (Phi) is 6.49. The van der Waals surface area contributed by atoms with Crippen LogP contribution in [0.25, 0.3) is 5.76 Å². The molecule has 4 rings (SSSR count). The van der Waals surface area contributed by atoms with Gasteiger partial charge in [-0.3, -0.25) is 14.6 Å². The number of Topliss-reactive ketones (excluding diaryl/α,β-unsaturated/α-hetero) is 1. The predicted octanol–water partition coefficient (Wildman–Crippen LogP) is 4.28. The highest BCUT2D eigenvalue weighted by atomic mass is 19.1. The number of ketones is 1. The maximum absolute atomic E-state index is 13.2. The maximum Gasteiger partial charge on any atom is 0.295 e. The van der Waals surface area contributed by atoms with Gasteiger partial charge in [0, 0.05) is 24.5 Å². The monoisotopic (exact) mass is 446 g/mol. The van der Waals surface area contributed by atoms with E-state index in [0.717, 1.165) is 5.56 Å². The molecule has 168 valence electrons. The molecule has 1 saturated heterocycles. The third kappa shape index (κ3) is 4.62. The van der Waals surface area contributed by atoms with Gasteiger partial charge >= 0.3 is 0 Å². The molecule has 1 fully saturated rings. The number of rotatable bonds is 7. The molecule has 2 heterocycles. The summed E-state index contributed by atoms with van der Waals surface area (Å²) >= 11 is 0. The van der Waals surface area contributed by atoms with E-state index in [1.54, 1.807) is 60.9 Å². The van der Waals surface area contributed by atoms with Gasteiger partial charge in [0.2, 0.25) is 0 Å². The number of aromatic nitrogens is 1. The van der Waals surface area contributed by atoms with E-state index in [4.69, 9.17) is 4.74 Å². The van der Waals surface area contributed by atoms with E-state index in [9.17, 15) is 19.1 Å². The topological polar surface area (TPSA) is 79.7 Å². The quantitative estimate of drug-likeness (QED) is 0.333. The van der Waals surface area contributed by atoms with E-state index in [1.807, 2.05) is 6.92 Å². The fourth-order valence-electron chi connectivity index (χ4n) is 3.95. The molecular weight excluding hydrogens is 423 g/mol. The van der Waals surface area contributed by atoms with Crippen LogP contribution in [0.1, 0.15) is 29.7 Å². The van der Waals surface area contributed by atoms with Gasteiger partial charge in [0.15, 0.2) is 0 Å². The van der Waals surface area contributed by atoms with Crippen LogP contribution in [-0.2, 0) is 16.0 Å². The molecule has 0 aliphatic carbocycles. The van der Waals surface area contributed by atoms with Crippen LogP contribution in [0.15, 0.2) is 78.6 Å². The molecule has 0 saturated carbocycles. The molecule has 1 amide bonds. The lowest BCUT2D eigenvalue weighted by atomic mass is 9.96. The van der Waals surface area contributed by atoms with Crippen molar-refractivity contribution in [3.8, 4) is 5.75 Å². The summed E-state index contributed by atoms with van der Waals surface area (Å²) in [4.78, 5) is 31.6. The summed E-state index contributed by atoms with van der Waals surface area (Å²) < 4.78 is 18.7. The molecule has 1 aliphatic heterocycles. The minimum absolute atomic E-state index is 0.000699. The Morgan fingerprint density at radius 2 is 1.91 bits per heavy atom. The molecule has 1 aliphatic rings. The number of carbonyl (C=O) groups excluding carboxylic acids is 2. The van der Waals surface area contributed by atoms with Crippen LogP contribution in [-0.4, -0.2) is 39.8 Å². The lowest BCUT2D eigenvalue weighted by molar-refractivity contribution is -0.139. The minimum atomic E-state index is -0.796. The van der Waals surface area contributed by atoms with Gasteiger partial charge in [0.25, 0.3) is 11.7 Å². The number of pyridine rings is 1. The number of ether oxygens (including phenoxy) is 1. The van der Waals surface area contributed by atoms with Crippen molar-refractivity contribution in [2.24, 2.45) is 0 Å². The number of nitrogens with zero attached hydrogens (tertiary/aromatic N) is 2. The molecule has 1 aromatic heterocycles. The molecule has 7 heteroatoms. The van der Waals surface area contributed by atoms with Crippen LogP contribution in [0.4, 0.5) is 4.39 Å². The lowest BCUT2D eigenvalue weighted by Crippen LogP contribution is -2.31. The number of hydrogen-bond acceptors (Lipinski definition) is 5. The number of amides is 1. The second kappa shape index (κ2) is 9.65. The molecule has 33 heavy (non-hydrogen) atoms. The summed E-state index contributed by atoms with van der Waals surface area (Å²) in [5.74, 6) is -1.53. The van der Waals surface area contributed by atoms with Crippen molar-refractivity contribution in [3.05, 3.63) is 101 Å². The van der Waals surface area contributed by atoms with Gasteiger partial charge in [-0.25, -0.2) is 4.39 Å². The standard InChI is InChI=1S/C26H23FN2O4/c1-2-33-21-7-3-5-18(15-21)24(30)22-23(19-6-4-13-28-16-19)29(26(32)25(22)31)14-12-17-8-10-20(27)11-9-17/h3-11,13,15-16,23,30H,2,12,14H2,1H3/b24-22-. The van der Waals surface area contributed by atoms with Crippen LogP contribution < -0.4 is 4.74 Å². The zero-order valence-corrected chi connectivity index (χ0v) is 18.1. The van der Waals surface area contributed by atoms with Gasteiger partial charge in [0.1, 0.15) is 17.3 Å². The average molecular weight is 446 g/mol. The van der Waals surface area contributed by atoms with Gasteiger partial charge in [-0.1, -0.05) is 30.3 Å². The Morgan fingerprint density at radius 3 is 2.61 bits per heavy atom. The summed E-state index contributed by atoms with van der Waals surface area (Å²) in [6.07, 6.45) is 3.59. The van der Waals surface area contributed by atoms with Crippen LogP contribution in [0.3, 0.4) is 0 Å². The molecular formula is C26H23FN2O4. The Balaban J connectivity index is 1.74. The number of aliphatic hydroxyl groups excluding tert-OH is 1. The molecule has 1 atom stereocenters. The summed E-state index contributed by atoms with van der Waals surface area (Å²) in [7, 11) is 0. The smallest absolute Gasteiger partial charge is 0.295 e. The lowest BCUT2D eigenvalue weighted by Gasteiger charge is -2.25. The maximum atomic E-state index is 13.2. The normalized spacial score (nSPS) is 17.4. The van der Waals surface area contributed by atoms with E-state index in [-0.39, 0.29) is 23.7 Å². The van der Waals surface area contributed by atoms with E-state index < -0.39 is 17.7 Å². The highest BCUT2D eigenvalue weighted by molar-refractivity contribution is 6.46. The van der Waals surface area contributed by atoms with Gasteiger partial charge in [-0.05, 0) is 54.8 Å². The van der Waals surface area contributed by atoms with Crippen LogP contribution in [0, 0.1) is 5.82 Å². The molecule has 3 aromatic rings. The summed E-state index contributed by atoms with van der Waals surface area (Å²) in [6, 6.07) is 15.4. The van der Waals surface area contributed by atoms with Crippen molar-refractivity contribution in [1.82, 2.24) is 9.88 Å². The number of aliphatic hydroxyl groups is 1.